The van der Waals surface area contributed by atoms with Crippen LogP contribution in [0.15, 0.2) is 81.6 Å². The molecular formula is C26H21N3O3S. The molecule has 6 nitrogen and oxygen atoms in total. The lowest BCUT2D eigenvalue weighted by Gasteiger charge is -2.09. The zero-order valence-corrected chi connectivity index (χ0v) is 18.7. The first-order valence-electron chi connectivity index (χ1n) is 10.7. The van der Waals surface area contributed by atoms with Gasteiger partial charge in [-0.2, -0.15) is 0 Å². The van der Waals surface area contributed by atoms with Crippen molar-refractivity contribution in [2.45, 2.75) is 19.8 Å². The zero-order valence-electron chi connectivity index (χ0n) is 17.9. The van der Waals surface area contributed by atoms with E-state index in [1.165, 1.54) is 5.56 Å². The zero-order chi connectivity index (χ0) is 22.8. The van der Waals surface area contributed by atoms with Crippen LogP contribution in [0.3, 0.4) is 0 Å². The standard InChI is InChI=1S/C26H21N3O3S/c1-2-16-9-12-22-20(13-16)28-24(32-22)14-17-7-10-19(11-8-17)27-26(33)29-25(30)23-15-18-5-3-4-6-21(18)31-23/h3-13,15H,2,14H2,1H3,(H2,27,29,30,33). The van der Waals surface area contributed by atoms with Gasteiger partial charge in [0.2, 0.25) is 0 Å². The number of benzene rings is 3. The molecule has 2 aromatic heterocycles. The van der Waals surface area contributed by atoms with Crippen molar-refractivity contribution in [2.24, 2.45) is 0 Å². The van der Waals surface area contributed by atoms with E-state index in [1.807, 2.05) is 54.6 Å². The largest absolute Gasteiger partial charge is 0.451 e. The Labute approximate surface area is 195 Å². The maximum atomic E-state index is 12.4. The summed E-state index contributed by atoms with van der Waals surface area (Å²) in [6, 6.07) is 23.0. The van der Waals surface area contributed by atoms with Crippen LogP contribution < -0.4 is 10.6 Å². The van der Waals surface area contributed by atoms with Gasteiger partial charge < -0.3 is 14.2 Å². The van der Waals surface area contributed by atoms with Gasteiger partial charge in [-0.05, 0) is 66.2 Å². The monoisotopic (exact) mass is 455 g/mol. The normalized spacial score (nSPS) is 11.1. The van der Waals surface area contributed by atoms with E-state index in [-0.39, 0.29) is 10.9 Å². The molecule has 7 heteroatoms. The molecule has 2 N–H and O–H groups in total. The number of aryl methyl sites for hydroxylation is 1. The number of nitrogens with one attached hydrogen (secondary N) is 2. The second kappa shape index (κ2) is 8.88. The average Bonchev–Trinajstić information content (AvgIpc) is 3.43. The van der Waals surface area contributed by atoms with Gasteiger partial charge >= 0.3 is 0 Å². The van der Waals surface area contributed by atoms with E-state index in [0.717, 1.165) is 34.2 Å². The van der Waals surface area contributed by atoms with Gasteiger partial charge in [-0.15, -0.1) is 0 Å². The number of furan rings is 1. The minimum Gasteiger partial charge on any atom is -0.451 e. The Morgan fingerprint density at radius 1 is 0.939 bits per heavy atom. The number of carbonyl (C=O) groups is 1. The molecule has 1 amide bonds. The van der Waals surface area contributed by atoms with E-state index in [4.69, 9.17) is 21.1 Å². The maximum absolute atomic E-state index is 12.4. The molecule has 3 aromatic carbocycles. The summed E-state index contributed by atoms with van der Waals surface area (Å²) in [5.41, 5.74) is 5.39. The third-order valence-corrected chi connectivity index (χ3v) is 5.55. The summed E-state index contributed by atoms with van der Waals surface area (Å²) < 4.78 is 11.4. The number of para-hydroxylation sites is 1. The molecule has 0 saturated carbocycles. The lowest BCUT2D eigenvalue weighted by molar-refractivity contribution is 0.0953. The molecule has 2 heterocycles. The highest BCUT2D eigenvalue weighted by Crippen LogP contribution is 2.21. The highest BCUT2D eigenvalue weighted by molar-refractivity contribution is 7.80. The van der Waals surface area contributed by atoms with Crippen LogP contribution in [0, 0.1) is 0 Å². The summed E-state index contributed by atoms with van der Waals surface area (Å²) in [5.74, 6) is 0.482. The Morgan fingerprint density at radius 3 is 2.52 bits per heavy atom. The Kier molecular flexibility index (Phi) is 5.62. The van der Waals surface area contributed by atoms with Crippen LogP contribution >= 0.6 is 12.2 Å². The molecule has 5 aromatic rings. The molecular weight excluding hydrogens is 434 g/mol. The highest BCUT2D eigenvalue weighted by Gasteiger charge is 2.14. The number of nitrogens with zero attached hydrogens (tertiary/aromatic N) is 1. The number of fused-ring (bicyclic) bond motifs is 2. The van der Waals surface area contributed by atoms with Crippen molar-refractivity contribution in [1.29, 1.82) is 0 Å². The number of thiocarbonyl (C=S) groups is 1. The van der Waals surface area contributed by atoms with Gasteiger partial charge in [-0.25, -0.2) is 4.98 Å². The molecule has 0 saturated heterocycles. The van der Waals surface area contributed by atoms with E-state index < -0.39 is 5.91 Å². The summed E-state index contributed by atoms with van der Waals surface area (Å²) in [6.45, 7) is 2.12. The lowest BCUT2D eigenvalue weighted by atomic mass is 10.1. The van der Waals surface area contributed by atoms with Gasteiger partial charge in [-0.1, -0.05) is 43.3 Å². The fourth-order valence-corrected chi connectivity index (χ4v) is 3.83. The average molecular weight is 456 g/mol. The van der Waals surface area contributed by atoms with E-state index in [9.17, 15) is 4.79 Å². The molecule has 33 heavy (non-hydrogen) atoms. The van der Waals surface area contributed by atoms with E-state index in [1.54, 1.807) is 6.07 Å². The van der Waals surface area contributed by atoms with Crippen LogP contribution in [-0.2, 0) is 12.8 Å². The first kappa shape index (κ1) is 20.9. The quantitative estimate of drug-likeness (QED) is 0.324. The number of hydrogen-bond acceptors (Lipinski definition) is 5. The Hall–Kier alpha value is -3.97. The van der Waals surface area contributed by atoms with Gasteiger partial charge in [0.1, 0.15) is 11.1 Å². The number of aromatic nitrogens is 1. The Bertz CT molecular complexity index is 1430. The second-order valence-corrected chi connectivity index (χ2v) is 8.10. The third-order valence-electron chi connectivity index (χ3n) is 5.35. The van der Waals surface area contributed by atoms with Gasteiger partial charge in [-0.3, -0.25) is 10.1 Å². The van der Waals surface area contributed by atoms with Crippen molar-refractivity contribution in [3.05, 3.63) is 95.6 Å². The molecule has 0 fully saturated rings. The molecule has 0 spiro atoms. The summed E-state index contributed by atoms with van der Waals surface area (Å²) in [6.07, 6.45) is 1.55. The Morgan fingerprint density at radius 2 is 1.73 bits per heavy atom. The van der Waals surface area contributed by atoms with Crippen LogP contribution in [0.1, 0.15) is 34.5 Å². The summed E-state index contributed by atoms with van der Waals surface area (Å²) in [7, 11) is 0. The number of amides is 1. The highest BCUT2D eigenvalue weighted by atomic mass is 32.1. The van der Waals surface area contributed by atoms with Crippen LogP contribution in [-0.4, -0.2) is 16.0 Å². The number of rotatable bonds is 5. The first-order chi connectivity index (χ1) is 16.1. The first-order valence-corrected chi connectivity index (χ1v) is 11.1. The lowest BCUT2D eigenvalue weighted by Crippen LogP contribution is -2.33. The van der Waals surface area contributed by atoms with E-state index >= 15 is 0 Å². The summed E-state index contributed by atoms with van der Waals surface area (Å²) >= 11 is 5.28. The smallest absolute Gasteiger partial charge is 0.293 e. The van der Waals surface area contributed by atoms with Crippen LogP contribution in [0.2, 0.25) is 0 Å². The molecule has 0 radical (unpaired) electrons. The van der Waals surface area contributed by atoms with E-state index in [0.29, 0.717) is 17.9 Å². The van der Waals surface area contributed by atoms with Crippen molar-refractivity contribution in [1.82, 2.24) is 10.3 Å². The molecule has 164 valence electrons. The van der Waals surface area contributed by atoms with E-state index in [2.05, 4.69) is 34.7 Å². The number of anilines is 1. The molecule has 0 aliphatic heterocycles. The predicted molar refractivity (Wildman–Crippen MR) is 133 cm³/mol. The van der Waals surface area contributed by atoms with Gasteiger partial charge in [0.15, 0.2) is 22.3 Å². The summed E-state index contributed by atoms with van der Waals surface area (Å²) in [4.78, 5) is 17.0. The third kappa shape index (κ3) is 4.63. The molecule has 0 bridgehead atoms. The maximum Gasteiger partial charge on any atom is 0.293 e. The molecule has 0 aliphatic carbocycles. The number of oxazole rings is 1. The molecule has 0 unspecified atom stereocenters. The SMILES string of the molecule is CCc1ccc2oc(Cc3ccc(NC(=S)NC(=O)c4cc5ccccc5o4)cc3)nc2c1. The minimum atomic E-state index is -0.400. The number of hydrogen-bond donors (Lipinski definition) is 2. The molecule has 0 aliphatic rings. The minimum absolute atomic E-state index is 0.193. The fourth-order valence-electron chi connectivity index (χ4n) is 3.62. The van der Waals surface area contributed by atoms with Gasteiger partial charge in [0.05, 0.1) is 0 Å². The second-order valence-electron chi connectivity index (χ2n) is 7.69. The van der Waals surface area contributed by atoms with Crippen LogP contribution in [0.4, 0.5) is 5.69 Å². The number of carbonyl (C=O) groups excluding carboxylic acids is 1. The van der Waals surface area contributed by atoms with Crippen LogP contribution in [0.25, 0.3) is 22.1 Å². The van der Waals surface area contributed by atoms with Gasteiger partial charge in [0, 0.05) is 17.5 Å². The van der Waals surface area contributed by atoms with Crippen molar-refractivity contribution >= 4 is 51.0 Å². The molecule has 0 atom stereocenters. The van der Waals surface area contributed by atoms with Crippen LogP contribution in [0.5, 0.6) is 0 Å². The van der Waals surface area contributed by atoms with Crippen molar-refractivity contribution in [2.75, 3.05) is 5.32 Å². The van der Waals surface area contributed by atoms with Crippen molar-refractivity contribution in [3.63, 3.8) is 0 Å². The van der Waals surface area contributed by atoms with Crippen molar-refractivity contribution in [3.8, 4) is 0 Å². The van der Waals surface area contributed by atoms with Gasteiger partial charge in [0.25, 0.3) is 5.91 Å². The van der Waals surface area contributed by atoms with Crippen molar-refractivity contribution < 1.29 is 13.6 Å². The summed E-state index contributed by atoms with van der Waals surface area (Å²) in [5, 5.41) is 6.72. The fraction of sp³-hybridized carbons (Fsp3) is 0.115. The Balaban J connectivity index is 1.20. The predicted octanol–water partition coefficient (Wildman–Crippen LogP) is 5.85. The topological polar surface area (TPSA) is 80.3 Å². The molecule has 5 rings (SSSR count).